The number of anilines is 1. The number of benzene rings is 2. The van der Waals surface area contributed by atoms with E-state index in [4.69, 9.17) is 16.4 Å². The fourth-order valence-corrected chi connectivity index (χ4v) is 2.69. The zero-order chi connectivity index (χ0) is 19.8. The van der Waals surface area contributed by atoms with Gasteiger partial charge in [0.15, 0.2) is 0 Å². The van der Waals surface area contributed by atoms with Crippen molar-refractivity contribution in [2.45, 2.75) is 26.7 Å². The molecule has 0 spiro atoms. The Morgan fingerprint density at radius 3 is 2.26 bits per heavy atom. The molecule has 0 radical (unpaired) electrons. The lowest BCUT2D eigenvalue weighted by Crippen LogP contribution is -2.29. The maximum Gasteiger partial charge on any atom is 0.337 e. The first-order valence-corrected chi connectivity index (χ1v) is 9.19. The number of halogens is 1. The molecule has 0 aliphatic rings. The first-order valence-electron chi connectivity index (χ1n) is 8.81. The molecular weight excluding hydrogens is 368 g/mol. The van der Waals surface area contributed by atoms with Gasteiger partial charge < -0.3 is 15.3 Å². The topological polar surface area (TPSA) is 78.9 Å². The molecule has 0 aromatic heterocycles. The van der Waals surface area contributed by atoms with Crippen LogP contribution < -0.4 is 10.2 Å². The van der Waals surface area contributed by atoms with Crippen molar-refractivity contribution in [3.63, 3.8) is 0 Å². The Morgan fingerprint density at radius 1 is 1.07 bits per heavy atom. The van der Waals surface area contributed by atoms with Crippen LogP contribution in [0.5, 0.6) is 5.75 Å². The predicted octanol–water partition coefficient (Wildman–Crippen LogP) is 4.71. The summed E-state index contributed by atoms with van der Waals surface area (Å²) in [6, 6.07) is 11.0. The van der Waals surface area contributed by atoms with E-state index in [1.54, 1.807) is 24.3 Å². The number of carbonyl (C=O) groups is 2. The number of rotatable bonds is 9. The van der Waals surface area contributed by atoms with Gasteiger partial charge in [-0.3, -0.25) is 4.79 Å². The summed E-state index contributed by atoms with van der Waals surface area (Å²) in [5, 5.41) is 14.0. The van der Waals surface area contributed by atoms with Crippen molar-refractivity contribution in [1.82, 2.24) is 5.06 Å². The molecule has 0 atom stereocenters. The first kappa shape index (κ1) is 20.7. The van der Waals surface area contributed by atoms with Crippen LogP contribution >= 0.6 is 11.6 Å². The molecule has 2 rings (SSSR count). The number of hydroxylamine groups is 2. The fourth-order valence-electron chi connectivity index (χ4n) is 2.52. The largest absolute Gasteiger partial charge is 0.478 e. The van der Waals surface area contributed by atoms with Gasteiger partial charge in [-0.05, 0) is 55.3 Å². The van der Waals surface area contributed by atoms with Crippen LogP contribution in [0.15, 0.2) is 42.5 Å². The number of carboxylic acid groups (broad SMARTS) is 1. The third kappa shape index (κ3) is 5.98. The maximum atomic E-state index is 12.4. The molecule has 27 heavy (non-hydrogen) atoms. The van der Waals surface area contributed by atoms with E-state index in [-0.39, 0.29) is 16.3 Å². The highest BCUT2D eigenvalue weighted by molar-refractivity contribution is 6.31. The molecule has 0 saturated carbocycles. The van der Waals surface area contributed by atoms with Gasteiger partial charge in [0, 0.05) is 23.7 Å². The van der Waals surface area contributed by atoms with Gasteiger partial charge in [0.25, 0.3) is 5.91 Å². The van der Waals surface area contributed by atoms with Gasteiger partial charge in [-0.25, -0.2) is 4.79 Å². The highest BCUT2D eigenvalue weighted by Gasteiger charge is 2.14. The Kier molecular flexibility index (Phi) is 7.64. The second-order valence-corrected chi connectivity index (χ2v) is 6.43. The molecule has 7 heteroatoms. The lowest BCUT2D eigenvalue weighted by Gasteiger charge is -2.21. The van der Waals surface area contributed by atoms with Crippen molar-refractivity contribution < 1.29 is 19.5 Å². The van der Waals surface area contributed by atoms with E-state index in [9.17, 15) is 14.7 Å². The van der Waals surface area contributed by atoms with E-state index in [0.29, 0.717) is 11.3 Å². The molecule has 0 bridgehead atoms. The maximum absolute atomic E-state index is 12.4. The van der Waals surface area contributed by atoms with E-state index in [0.717, 1.165) is 25.9 Å². The average molecular weight is 391 g/mol. The summed E-state index contributed by atoms with van der Waals surface area (Å²) in [5.74, 6) is -0.931. The number of nitrogens with one attached hydrogen (secondary N) is 1. The van der Waals surface area contributed by atoms with E-state index in [2.05, 4.69) is 19.2 Å². The zero-order valence-electron chi connectivity index (χ0n) is 15.4. The SMILES string of the molecule is CCCN(CCC)Oc1ccc(C(=O)Nc2ccc(Cl)cc2C(=O)O)cc1. The summed E-state index contributed by atoms with van der Waals surface area (Å²) in [6.45, 7) is 5.82. The smallest absolute Gasteiger partial charge is 0.337 e. The Balaban J connectivity index is 2.09. The minimum absolute atomic E-state index is 0.0643. The minimum atomic E-state index is -1.16. The van der Waals surface area contributed by atoms with Crippen LogP contribution in [0, 0.1) is 0 Å². The molecule has 2 aromatic rings. The monoisotopic (exact) mass is 390 g/mol. The van der Waals surface area contributed by atoms with E-state index in [1.807, 2.05) is 5.06 Å². The summed E-state index contributed by atoms with van der Waals surface area (Å²) >= 11 is 5.82. The van der Waals surface area contributed by atoms with Gasteiger partial charge in [0.05, 0.1) is 11.3 Å². The van der Waals surface area contributed by atoms with E-state index < -0.39 is 11.9 Å². The van der Waals surface area contributed by atoms with E-state index in [1.165, 1.54) is 18.2 Å². The minimum Gasteiger partial charge on any atom is -0.478 e. The van der Waals surface area contributed by atoms with Crippen LogP contribution in [-0.2, 0) is 0 Å². The summed E-state index contributed by atoms with van der Waals surface area (Å²) in [5.41, 5.74) is 0.519. The van der Waals surface area contributed by atoms with Crippen molar-refractivity contribution >= 4 is 29.2 Å². The molecular formula is C20H23ClN2O4. The van der Waals surface area contributed by atoms with Gasteiger partial charge >= 0.3 is 5.97 Å². The summed E-state index contributed by atoms with van der Waals surface area (Å²) < 4.78 is 0. The molecule has 0 aliphatic carbocycles. The zero-order valence-corrected chi connectivity index (χ0v) is 16.1. The number of amides is 1. The average Bonchev–Trinajstić information content (AvgIpc) is 2.64. The van der Waals surface area contributed by atoms with Crippen LogP contribution in [-0.4, -0.2) is 35.1 Å². The molecule has 1 amide bonds. The molecule has 0 aliphatic heterocycles. The second kappa shape index (κ2) is 9.94. The Hall–Kier alpha value is -2.57. The van der Waals surface area contributed by atoms with Crippen LogP contribution in [0.1, 0.15) is 47.4 Å². The molecule has 6 nitrogen and oxygen atoms in total. The third-order valence-corrected chi connectivity index (χ3v) is 3.99. The summed E-state index contributed by atoms with van der Waals surface area (Å²) in [4.78, 5) is 29.6. The quantitative estimate of drug-likeness (QED) is 0.606. The number of aromatic carboxylic acids is 1. The third-order valence-electron chi connectivity index (χ3n) is 3.76. The molecule has 0 fully saturated rings. The van der Waals surface area contributed by atoms with Crippen molar-refractivity contribution in [2.24, 2.45) is 0 Å². The normalized spacial score (nSPS) is 10.7. The van der Waals surface area contributed by atoms with Crippen molar-refractivity contribution in [3.05, 3.63) is 58.6 Å². The summed E-state index contributed by atoms with van der Waals surface area (Å²) in [7, 11) is 0. The second-order valence-electron chi connectivity index (χ2n) is 5.99. The number of nitrogens with zero attached hydrogens (tertiary/aromatic N) is 1. The molecule has 2 aromatic carbocycles. The van der Waals surface area contributed by atoms with Crippen molar-refractivity contribution in [2.75, 3.05) is 18.4 Å². The predicted molar refractivity (Wildman–Crippen MR) is 106 cm³/mol. The van der Waals surface area contributed by atoms with Crippen molar-refractivity contribution in [3.8, 4) is 5.75 Å². The van der Waals surface area contributed by atoms with Crippen LogP contribution in [0.3, 0.4) is 0 Å². The lowest BCUT2D eigenvalue weighted by atomic mass is 10.1. The van der Waals surface area contributed by atoms with Gasteiger partial charge in [-0.2, -0.15) is 0 Å². The van der Waals surface area contributed by atoms with Gasteiger partial charge in [0.2, 0.25) is 0 Å². The first-order chi connectivity index (χ1) is 12.9. The van der Waals surface area contributed by atoms with Gasteiger partial charge in [-0.1, -0.05) is 25.4 Å². The van der Waals surface area contributed by atoms with E-state index >= 15 is 0 Å². The van der Waals surface area contributed by atoms with Gasteiger partial charge in [0.1, 0.15) is 5.75 Å². The fraction of sp³-hybridized carbons (Fsp3) is 0.300. The Morgan fingerprint density at radius 2 is 1.70 bits per heavy atom. The molecule has 0 heterocycles. The number of carbonyl (C=O) groups excluding carboxylic acids is 1. The molecule has 0 saturated heterocycles. The van der Waals surface area contributed by atoms with Crippen molar-refractivity contribution in [1.29, 1.82) is 0 Å². The highest BCUT2D eigenvalue weighted by atomic mass is 35.5. The van der Waals surface area contributed by atoms with Crippen LogP contribution in [0.4, 0.5) is 5.69 Å². The summed E-state index contributed by atoms with van der Waals surface area (Å²) in [6.07, 6.45) is 1.96. The van der Waals surface area contributed by atoms with Crippen LogP contribution in [0.25, 0.3) is 0 Å². The number of hydrogen-bond donors (Lipinski definition) is 2. The lowest BCUT2D eigenvalue weighted by molar-refractivity contribution is -0.0580. The Labute approximate surface area is 163 Å². The number of carboxylic acids is 1. The molecule has 144 valence electrons. The molecule has 0 unspecified atom stereocenters. The number of hydrogen-bond acceptors (Lipinski definition) is 4. The van der Waals surface area contributed by atoms with Gasteiger partial charge in [-0.15, -0.1) is 5.06 Å². The highest BCUT2D eigenvalue weighted by Crippen LogP contribution is 2.22. The Bertz CT molecular complexity index is 787. The standard InChI is InChI=1S/C20H23ClN2O4/c1-3-11-23(12-4-2)27-16-8-5-14(6-9-16)19(24)22-18-10-7-15(21)13-17(18)20(25)26/h5-10,13H,3-4,11-12H2,1-2H3,(H,22,24)(H,25,26). The van der Waals surface area contributed by atoms with Crippen LogP contribution in [0.2, 0.25) is 5.02 Å². The molecule has 2 N–H and O–H groups in total.